The molecule has 2 atom stereocenters. The molecule has 1 aromatic heterocycles. The van der Waals surface area contributed by atoms with Gasteiger partial charge in [-0.15, -0.1) is 11.3 Å². The number of aryl methyl sites for hydroxylation is 2. The number of carbonyl (C=O) groups excluding carboxylic acids is 1. The predicted octanol–water partition coefficient (Wildman–Crippen LogP) is 2.43. The molecule has 8 heteroatoms. The molecule has 0 radical (unpaired) electrons. The van der Waals surface area contributed by atoms with Crippen molar-refractivity contribution in [1.29, 1.82) is 0 Å². The highest BCUT2D eigenvalue weighted by Gasteiger charge is 2.41. The van der Waals surface area contributed by atoms with Crippen LogP contribution in [-0.4, -0.2) is 46.7 Å². The van der Waals surface area contributed by atoms with Crippen molar-refractivity contribution in [3.63, 3.8) is 0 Å². The van der Waals surface area contributed by atoms with Gasteiger partial charge in [0.1, 0.15) is 4.88 Å². The Balaban J connectivity index is 1.62. The molecule has 3 heterocycles. The summed E-state index contributed by atoms with van der Waals surface area (Å²) < 4.78 is 10.7. The normalized spacial score (nSPS) is 21.2. The molecular formula is C18H18N2O5S. The lowest BCUT2D eigenvalue weighted by atomic mass is 9.89. The summed E-state index contributed by atoms with van der Waals surface area (Å²) in [7, 11) is 0. The minimum absolute atomic E-state index is 0.150. The van der Waals surface area contributed by atoms with Crippen LogP contribution in [0.15, 0.2) is 18.2 Å². The molecule has 1 fully saturated rings. The van der Waals surface area contributed by atoms with Crippen molar-refractivity contribution in [1.82, 2.24) is 9.88 Å². The molecule has 1 saturated heterocycles. The Kier molecular flexibility index (Phi) is 4.07. The van der Waals surface area contributed by atoms with Gasteiger partial charge in [-0.25, -0.2) is 4.98 Å². The number of benzene rings is 1. The van der Waals surface area contributed by atoms with Gasteiger partial charge in [-0.1, -0.05) is 6.07 Å². The standard InChI is InChI=1S/C18H18N2O5S/c1-9-16(26-10(2)19-9)17(21)20-6-12(13(7-20)18(22)23)11-3-4-14-15(5-11)25-8-24-14/h3-5,12-13H,6-8H2,1-2H3,(H,22,23). The highest BCUT2D eigenvalue weighted by molar-refractivity contribution is 7.13. The largest absolute Gasteiger partial charge is 0.481 e. The molecule has 1 aromatic carbocycles. The fraction of sp³-hybridized carbons (Fsp3) is 0.389. The molecule has 26 heavy (non-hydrogen) atoms. The average molecular weight is 374 g/mol. The highest BCUT2D eigenvalue weighted by atomic mass is 32.1. The molecule has 7 nitrogen and oxygen atoms in total. The van der Waals surface area contributed by atoms with E-state index in [1.807, 2.05) is 19.1 Å². The highest BCUT2D eigenvalue weighted by Crippen LogP contribution is 2.40. The van der Waals surface area contributed by atoms with Crippen molar-refractivity contribution in [2.75, 3.05) is 19.9 Å². The monoisotopic (exact) mass is 374 g/mol. The van der Waals surface area contributed by atoms with E-state index in [9.17, 15) is 14.7 Å². The second-order valence-corrected chi connectivity index (χ2v) is 7.72. The molecule has 1 amide bonds. The maximum atomic E-state index is 12.9. The summed E-state index contributed by atoms with van der Waals surface area (Å²) in [5.74, 6) is -0.732. The number of nitrogens with zero attached hydrogens (tertiary/aromatic N) is 2. The summed E-state index contributed by atoms with van der Waals surface area (Å²) in [6, 6.07) is 5.46. The lowest BCUT2D eigenvalue weighted by Gasteiger charge is -2.16. The number of carbonyl (C=O) groups is 2. The molecule has 2 aliphatic rings. The second-order valence-electron chi connectivity index (χ2n) is 6.52. The number of ether oxygens (including phenoxy) is 2. The molecule has 0 aliphatic carbocycles. The molecular weight excluding hydrogens is 356 g/mol. The smallest absolute Gasteiger partial charge is 0.308 e. The van der Waals surface area contributed by atoms with E-state index in [0.29, 0.717) is 28.6 Å². The van der Waals surface area contributed by atoms with Crippen LogP contribution >= 0.6 is 11.3 Å². The van der Waals surface area contributed by atoms with E-state index in [1.165, 1.54) is 11.3 Å². The Morgan fingerprint density at radius 3 is 2.69 bits per heavy atom. The number of aliphatic carboxylic acids is 1. The van der Waals surface area contributed by atoms with Gasteiger partial charge in [-0.2, -0.15) is 0 Å². The maximum Gasteiger partial charge on any atom is 0.308 e. The first kappa shape index (κ1) is 16.8. The van der Waals surface area contributed by atoms with Gasteiger partial charge in [0.15, 0.2) is 11.5 Å². The van der Waals surface area contributed by atoms with E-state index in [4.69, 9.17) is 9.47 Å². The van der Waals surface area contributed by atoms with E-state index >= 15 is 0 Å². The Morgan fingerprint density at radius 2 is 2.00 bits per heavy atom. The van der Waals surface area contributed by atoms with E-state index in [1.54, 1.807) is 17.9 Å². The molecule has 136 valence electrons. The summed E-state index contributed by atoms with van der Waals surface area (Å²) in [5.41, 5.74) is 1.53. The number of amides is 1. The third kappa shape index (κ3) is 2.80. The number of carboxylic acids is 1. The lowest BCUT2D eigenvalue weighted by Crippen LogP contribution is -2.29. The van der Waals surface area contributed by atoms with Gasteiger partial charge in [0.25, 0.3) is 5.91 Å². The molecule has 0 spiro atoms. The Morgan fingerprint density at radius 1 is 1.23 bits per heavy atom. The topological polar surface area (TPSA) is 89.0 Å². The number of aromatic nitrogens is 1. The lowest BCUT2D eigenvalue weighted by molar-refractivity contribution is -0.141. The number of thiazole rings is 1. The minimum atomic E-state index is -0.903. The fourth-order valence-corrected chi connectivity index (χ4v) is 4.46. The summed E-state index contributed by atoms with van der Waals surface area (Å²) in [6.07, 6.45) is 0. The van der Waals surface area contributed by atoms with Gasteiger partial charge < -0.3 is 19.5 Å². The van der Waals surface area contributed by atoms with Gasteiger partial charge in [0, 0.05) is 19.0 Å². The minimum Gasteiger partial charge on any atom is -0.481 e. The molecule has 4 rings (SSSR count). The predicted molar refractivity (Wildman–Crippen MR) is 93.9 cm³/mol. The van der Waals surface area contributed by atoms with Crippen LogP contribution in [0.2, 0.25) is 0 Å². The van der Waals surface area contributed by atoms with Gasteiger partial charge >= 0.3 is 5.97 Å². The van der Waals surface area contributed by atoms with Crippen molar-refractivity contribution in [3.05, 3.63) is 39.3 Å². The Labute approximate surface area is 154 Å². The van der Waals surface area contributed by atoms with Crippen molar-refractivity contribution < 1.29 is 24.2 Å². The third-order valence-corrected chi connectivity index (χ3v) is 5.91. The van der Waals surface area contributed by atoms with Gasteiger partial charge in [0.05, 0.1) is 16.6 Å². The van der Waals surface area contributed by atoms with Crippen molar-refractivity contribution in [2.45, 2.75) is 19.8 Å². The number of carboxylic acid groups (broad SMARTS) is 1. The van der Waals surface area contributed by atoms with E-state index < -0.39 is 11.9 Å². The van der Waals surface area contributed by atoms with Gasteiger partial charge in [-0.05, 0) is 31.5 Å². The fourth-order valence-electron chi connectivity index (χ4n) is 3.57. The summed E-state index contributed by atoms with van der Waals surface area (Å²) in [6.45, 7) is 4.36. The number of likely N-dealkylation sites (tertiary alicyclic amines) is 1. The molecule has 2 unspecified atom stereocenters. The second kappa shape index (κ2) is 6.28. The molecule has 2 aliphatic heterocycles. The van der Waals surface area contributed by atoms with Crippen LogP contribution < -0.4 is 9.47 Å². The van der Waals surface area contributed by atoms with Crippen LogP contribution in [0.5, 0.6) is 11.5 Å². The Hall–Kier alpha value is -2.61. The first-order valence-electron chi connectivity index (χ1n) is 8.29. The van der Waals surface area contributed by atoms with Crippen LogP contribution in [0, 0.1) is 19.8 Å². The van der Waals surface area contributed by atoms with E-state index in [-0.39, 0.29) is 25.2 Å². The maximum absolute atomic E-state index is 12.9. The van der Waals surface area contributed by atoms with Crippen LogP contribution in [0.4, 0.5) is 0 Å². The zero-order chi connectivity index (χ0) is 18.4. The van der Waals surface area contributed by atoms with Crippen LogP contribution in [-0.2, 0) is 4.79 Å². The van der Waals surface area contributed by atoms with E-state index in [2.05, 4.69) is 4.98 Å². The number of rotatable bonds is 3. The molecule has 0 bridgehead atoms. The summed E-state index contributed by atoms with van der Waals surface area (Å²) in [5, 5.41) is 10.5. The van der Waals surface area contributed by atoms with E-state index in [0.717, 1.165) is 10.6 Å². The zero-order valence-electron chi connectivity index (χ0n) is 14.4. The average Bonchev–Trinajstić information content (AvgIpc) is 3.30. The number of hydrogen-bond donors (Lipinski definition) is 1. The first-order valence-corrected chi connectivity index (χ1v) is 9.11. The van der Waals surface area contributed by atoms with Crippen LogP contribution in [0.3, 0.4) is 0 Å². The zero-order valence-corrected chi connectivity index (χ0v) is 15.2. The Bertz CT molecular complexity index is 894. The first-order chi connectivity index (χ1) is 12.4. The quantitative estimate of drug-likeness (QED) is 0.888. The van der Waals surface area contributed by atoms with Gasteiger partial charge in [-0.3, -0.25) is 9.59 Å². The van der Waals surface area contributed by atoms with Crippen molar-refractivity contribution in [2.24, 2.45) is 5.92 Å². The van der Waals surface area contributed by atoms with Crippen molar-refractivity contribution >= 4 is 23.2 Å². The van der Waals surface area contributed by atoms with Crippen molar-refractivity contribution in [3.8, 4) is 11.5 Å². The molecule has 2 aromatic rings. The SMILES string of the molecule is Cc1nc(C)c(C(=O)N2CC(C(=O)O)C(c3ccc4c(c3)OCO4)C2)s1. The molecule has 1 N–H and O–H groups in total. The van der Waals surface area contributed by atoms with Crippen LogP contribution in [0.25, 0.3) is 0 Å². The van der Waals surface area contributed by atoms with Crippen LogP contribution in [0.1, 0.15) is 31.9 Å². The summed E-state index contributed by atoms with van der Waals surface area (Å²) in [4.78, 5) is 31.2. The molecule has 0 saturated carbocycles. The third-order valence-electron chi connectivity index (χ3n) is 4.85. The number of fused-ring (bicyclic) bond motifs is 1. The summed E-state index contributed by atoms with van der Waals surface area (Å²) >= 11 is 1.35. The van der Waals surface area contributed by atoms with Gasteiger partial charge in [0.2, 0.25) is 6.79 Å². The number of hydrogen-bond acceptors (Lipinski definition) is 6.